The van der Waals surface area contributed by atoms with Gasteiger partial charge in [0, 0.05) is 28.8 Å². The molecule has 1 atom stereocenters. The average molecular weight is 164 g/mol. The third-order valence-electron chi connectivity index (χ3n) is 1.15. The number of hydrogen-bond acceptors (Lipinski definition) is 3. The van der Waals surface area contributed by atoms with Crippen molar-refractivity contribution in [3.05, 3.63) is 0 Å². The summed E-state index contributed by atoms with van der Waals surface area (Å²) in [6.45, 7) is 2.49. The highest BCUT2D eigenvalue weighted by atomic mass is 32.2. The molecule has 0 aromatic carbocycles. The molecule has 10 heavy (non-hydrogen) atoms. The molecule has 0 aliphatic carbocycles. The van der Waals surface area contributed by atoms with E-state index in [0.717, 1.165) is 6.42 Å². The van der Waals surface area contributed by atoms with E-state index < -0.39 is 9.73 Å². The summed E-state index contributed by atoms with van der Waals surface area (Å²) in [5.41, 5.74) is 5.37. The fraction of sp³-hybridized carbons (Fsp3) is 1.00. The summed E-state index contributed by atoms with van der Waals surface area (Å²) < 4.78 is 15.1. The van der Waals surface area contributed by atoms with Crippen molar-refractivity contribution in [1.29, 1.82) is 0 Å². The monoisotopic (exact) mass is 164 g/mol. The van der Waals surface area contributed by atoms with Gasteiger partial charge in [-0.15, -0.1) is 0 Å². The van der Waals surface area contributed by atoms with E-state index in [-0.39, 0.29) is 6.04 Å². The molecule has 0 aromatic rings. The fourth-order valence-corrected chi connectivity index (χ4v) is 1.60. The third kappa shape index (κ3) is 4.76. The molecule has 0 rings (SSSR count). The van der Waals surface area contributed by atoms with Crippen molar-refractivity contribution in [2.45, 2.75) is 19.4 Å². The van der Waals surface area contributed by atoms with Gasteiger partial charge in [-0.05, 0) is 6.42 Å². The van der Waals surface area contributed by atoms with E-state index in [4.69, 9.17) is 5.73 Å². The Kier molecular flexibility index (Phi) is 3.89. The first-order chi connectivity index (χ1) is 4.49. The lowest BCUT2D eigenvalue weighted by atomic mass is 10.2. The van der Waals surface area contributed by atoms with E-state index in [1.807, 2.05) is 6.92 Å². The van der Waals surface area contributed by atoms with Crippen LogP contribution in [-0.2, 0) is 9.73 Å². The zero-order chi connectivity index (χ0) is 8.20. The van der Waals surface area contributed by atoms with Crippen molar-refractivity contribution < 1.29 is 4.21 Å². The van der Waals surface area contributed by atoms with E-state index >= 15 is 0 Å². The van der Waals surface area contributed by atoms with Gasteiger partial charge in [-0.3, -0.25) is 4.21 Å². The van der Waals surface area contributed by atoms with Crippen LogP contribution in [-0.4, -0.2) is 29.3 Å². The van der Waals surface area contributed by atoms with Crippen molar-refractivity contribution in [2.75, 3.05) is 19.1 Å². The average Bonchev–Trinajstić information content (AvgIpc) is 1.81. The first-order valence-electron chi connectivity index (χ1n) is 3.36. The van der Waals surface area contributed by atoms with E-state index in [1.165, 1.54) is 0 Å². The first-order valence-corrected chi connectivity index (χ1v) is 5.69. The van der Waals surface area contributed by atoms with Gasteiger partial charge in [0.2, 0.25) is 0 Å². The maximum absolute atomic E-state index is 11.1. The summed E-state index contributed by atoms with van der Waals surface area (Å²) in [7, 11) is -1.95. The molecule has 0 aliphatic rings. The Labute approximate surface area is 63.2 Å². The third-order valence-corrected chi connectivity index (χ3v) is 1.95. The van der Waals surface area contributed by atoms with Gasteiger partial charge < -0.3 is 5.73 Å². The maximum Gasteiger partial charge on any atom is 0.0713 e. The van der Waals surface area contributed by atoms with Crippen molar-refractivity contribution in [3.8, 4) is 0 Å². The molecule has 0 saturated heterocycles. The largest absolute Gasteiger partial charge is 0.328 e. The Morgan fingerprint density at radius 3 is 2.20 bits per heavy atom. The lowest BCUT2D eigenvalue weighted by Gasteiger charge is -2.06. The van der Waals surface area contributed by atoms with Crippen LogP contribution in [0.2, 0.25) is 0 Å². The predicted molar refractivity (Wildman–Crippen MR) is 45.6 cm³/mol. The Morgan fingerprint density at radius 2 is 2.10 bits per heavy atom. The maximum atomic E-state index is 11.1. The van der Waals surface area contributed by atoms with Crippen molar-refractivity contribution in [3.63, 3.8) is 0 Å². The first kappa shape index (κ1) is 9.91. The van der Waals surface area contributed by atoms with Gasteiger partial charge in [0.05, 0.1) is 6.04 Å². The summed E-state index contributed by atoms with van der Waals surface area (Å²) in [5.74, 6) is 0. The van der Waals surface area contributed by atoms with E-state index in [2.05, 4.69) is 4.36 Å². The van der Waals surface area contributed by atoms with E-state index in [1.54, 1.807) is 12.5 Å². The highest BCUT2D eigenvalue weighted by Crippen LogP contribution is 1.97. The topological polar surface area (TPSA) is 55.4 Å². The van der Waals surface area contributed by atoms with Gasteiger partial charge in [-0.25, -0.2) is 4.36 Å². The van der Waals surface area contributed by atoms with Crippen LogP contribution < -0.4 is 5.73 Å². The Bertz CT molecular complexity index is 182. The number of nitrogens with zero attached hydrogens (tertiary/aromatic N) is 1. The predicted octanol–water partition coefficient (Wildman–Crippen LogP) is 0.451. The molecule has 3 nitrogen and oxygen atoms in total. The molecule has 0 aromatic heterocycles. The van der Waals surface area contributed by atoms with Crippen LogP contribution in [0.15, 0.2) is 4.36 Å². The van der Waals surface area contributed by atoms with Crippen molar-refractivity contribution in [1.82, 2.24) is 0 Å². The smallest absolute Gasteiger partial charge is 0.0713 e. The van der Waals surface area contributed by atoms with Gasteiger partial charge in [0.15, 0.2) is 0 Å². The molecular formula is C6H16N2OS. The molecule has 0 aliphatic heterocycles. The zero-order valence-corrected chi connectivity index (χ0v) is 7.65. The number of rotatable bonds is 3. The van der Waals surface area contributed by atoms with Gasteiger partial charge in [0.25, 0.3) is 0 Å². The van der Waals surface area contributed by atoms with Gasteiger partial charge in [-0.2, -0.15) is 0 Å². The molecular weight excluding hydrogens is 148 g/mol. The highest BCUT2D eigenvalue weighted by Gasteiger charge is 2.01. The van der Waals surface area contributed by atoms with Crippen LogP contribution in [0.4, 0.5) is 0 Å². The van der Waals surface area contributed by atoms with Crippen LogP contribution in [0.3, 0.4) is 0 Å². The van der Waals surface area contributed by atoms with Crippen LogP contribution >= 0.6 is 0 Å². The summed E-state index contributed by atoms with van der Waals surface area (Å²) in [6.07, 6.45) is 4.13. The van der Waals surface area contributed by atoms with Crippen LogP contribution in [0.5, 0.6) is 0 Å². The molecule has 0 heterocycles. The van der Waals surface area contributed by atoms with Gasteiger partial charge in [-0.1, -0.05) is 6.92 Å². The molecule has 0 bridgehead atoms. The fourth-order valence-electron chi connectivity index (χ4n) is 0.643. The normalized spacial score (nSPS) is 14.8. The van der Waals surface area contributed by atoms with E-state index in [9.17, 15) is 4.21 Å². The van der Waals surface area contributed by atoms with E-state index in [0.29, 0.717) is 6.54 Å². The molecule has 1 unspecified atom stereocenters. The summed E-state index contributed by atoms with van der Waals surface area (Å²) in [6, 6.07) is 0.0718. The minimum absolute atomic E-state index is 0.0718. The van der Waals surface area contributed by atoms with Gasteiger partial charge in [0.1, 0.15) is 0 Å². The van der Waals surface area contributed by atoms with Crippen molar-refractivity contribution in [2.24, 2.45) is 10.1 Å². The zero-order valence-electron chi connectivity index (χ0n) is 6.83. The molecule has 62 valence electrons. The Hall–Kier alpha value is -0.0900. The molecule has 0 amide bonds. The molecule has 4 heteroatoms. The quantitative estimate of drug-likeness (QED) is 0.658. The molecule has 0 spiro atoms. The van der Waals surface area contributed by atoms with Crippen LogP contribution in [0, 0.1) is 0 Å². The summed E-state index contributed by atoms with van der Waals surface area (Å²) in [5, 5.41) is 0. The van der Waals surface area contributed by atoms with Crippen LogP contribution in [0.25, 0.3) is 0 Å². The number of hydrogen-bond donors (Lipinski definition) is 1. The minimum Gasteiger partial charge on any atom is -0.328 e. The SMILES string of the molecule is CCC(CN)N=S(C)(C)=O. The lowest BCUT2D eigenvalue weighted by molar-refractivity contribution is 0.647. The highest BCUT2D eigenvalue weighted by molar-refractivity contribution is 7.92. The Morgan fingerprint density at radius 1 is 1.60 bits per heavy atom. The molecule has 2 N–H and O–H groups in total. The standard InChI is InChI=1S/C6H16N2OS/c1-4-6(5-7)8-10(2,3)9/h6H,4-5,7H2,1-3H3. The minimum atomic E-state index is -1.95. The Balaban J connectivity index is 4.23. The summed E-state index contributed by atoms with van der Waals surface area (Å²) in [4.78, 5) is 0. The van der Waals surface area contributed by atoms with Crippen molar-refractivity contribution >= 4 is 9.73 Å². The molecule has 0 saturated carbocycles. The molecule has 0 radical (unpaired) electrons. The number of nitrogens with two attached hydrogens (primary N) is 1. The summed E-state index contributed by atoms with van der Waals surface area (Å²) >= 11 is 0. The lowest BCUT2D eigenvalue weighted by Crippen LogP contribution is -2.18. The van der Waals surface area contributed by atoms with Crippen LogP contribution in [0.1, 0.15) is 13.3 Å². The molecule has 0 fully saturated rings. The van der Waals surface area contributed by atoms with Gasteiger partial charge >= 0.3 is 0 Å². The second kappa shape index (κ2) is 3.93. The second-order valence-electron chi connectivity index (χ2n) is 2.58. The second-order valence-corrected chi connectivity index (χ2v) is 5.16.